The van der Waals surface area contributed by atoms with E-state index < -0.39 is 34.1 Å². The highest BCUT2D eigenvalue weighted by atomic mass is 32.2. The molecule has 26 heavy (non-hydrogen) atoms. The lowest BCUT2D eigenvalue weighted by molar-refractivity contribution is 0.00578. The standard InChI is InChI=1S/C19H31BFNO3S/c1-8-19(7,26(22)23)12-13(2)15-11-14(9-10-16(15)21)20-24-17(3,4)18(5,6)25-20/h9-11,13H,8,12,22H2,1-7H3/t13-,19?,26?/m0/s1. The van der Waals surface area contributed by atoms with Crippen molar-refractivity contribution < 1.29 is 17.9 Å². The van der Waals surface area contributed by atoms with Crippen molar-refractivity contribution in [1.82, 2.24) is 0 Å². The van der Waals surface area contributed by atoms with Crippen LogP contribution < -0.4 is 10.6 Å². The first-order valence-corrected chi connectivity index (χ1v) is 10.4. The minimum Gasteiger partial charge on any atom is -0.399 e. The first-order valence-electron chi connectivity index (χ1n) is 9.14. The van der Waals surface area contributed by atoms with Gasteiger partial charge in [-0.25, -0.2) is 8.60 Å². The van der Waals surface area contributed by atoms with Gasteiger partial charge >= 0.3 is 7.12 Å². The molecular formula is C19H31BFNO3S. The zero-order valence-corrected chi connectivity index (χ0v) is 17.7. The summed E-state index contributed by atoms with van der Waals surface area (Å²) in [6, 6.07) is 4.96. The molecule has 1 saturated heterocycles. The Kier molecular flexibility index (Phi) is 6.08. The zero-order chi connectivity index (χ0) is 19.9. The van der Waals surface area contributed by atoms with Crippen molar-refractivity contribution in [3.8, 4) is 0 Å². The number of hydrogen-bond acceptors (Lipinski definition) is 3. The predicted molar refractivity (Wildman–Crippen MR) is 106 cm³/mol. The molecule has 0 amide bonds. The van der Waals surface area contributed by atoms with Crippen LogP contribution in [0.5, 0.6) is 0 Å². The molecule has 0 saturated carbocycles. The van der Waals surface area contributed by atoms with E-state index in [1.54, 1.807) is 12.1 Å². The lowest BCUT2D eigenvalue weighted by Crippen LogP contribution is -2.41. The molecule has 0 radical (unpaired) electrons. The largest absolute Gasteiger partial charge is 0.494 e. The van der Waals surface area contributed by atoms with Crippen LogP contribution in [0.4, 0.5) is 4.39 Å². The Hall–Kier alpha value is -0.755. The summed E-state index contributed by atoms with van der Waals surface area (Å²) in [5.74, 6) is -0.408. The lowest BCUT2D eigenvalue weighted by Gasteiger charge is -2.32. The minimum absolute atomic E-state index is 0.130. The molecule has 4 nitrogen and oxygen atoms in total. The van der Waals surface area contributed by atoms with Crippen LogP contribution in [0.15, 0.2) is 18.2 Å². The normalized spacial score (nSPS) is 23.5. The van der Waals surface area contributed by atoms with Gasteiger partial charge in [0.15, 0.2) is 0 Å². The molecule has 1 aromatic rings. The molecule has 0 aromatic heterocycles. The van der Waals surface area contributed by atoms with Crippen molar-refractivity contribution in [1.29, 1.82) is 0 Å². The fourth-order valence-electron chi connectivity index (χ4n) is 3.19. The van der Waals surface area contributed by atoms with Crippen LogP contribution in [0.25, 0.3) is 0 Å². The fraction of sp³-hybridized carbons (Fsp3) is 0.684. The molecule has 1 heterocycles. The Balaban J connectivity index is 2.29. The molecule has 1 fully saturated rings. The summed E-state index contributed by atoms with van der Waals surface area (Å²) < 4.78 is 38.0. The van der Waals surface area contributed by atoms with Gasteiger partial charge in [-0.2, -0.15) is 0 Å². The Bertz CT molecular complexity index is 681. The van der Waals surface area contributed by atoms with Crippen molar-refractivity contribution in [3.63, 3.8) is 0 Å². The third-order valence-electron chi connectivity index (χ3n) is 6.05. The van der Waals surface area contributed by atoms with E-state index in [-0.39, 0.29) is 11.7 Å². The van der Waals surface area contributed by atoms with Crippen LogP contribution in [-0.2, 0) is 20.3 Å². The van der Waals surface area contributed by atoms with Gasteiger partial charge in [-0.3, -0.25) is 5.14 Å². The number of halogens is 1. The van der Waals surface area contributed by atoms with Crippen LogP contribution in [0.2, 0.25) is 0 Å². The Morgan fingerprint density at radius 1 is 1.27 bits per heavy atom. The van der Waals surface area contributed by atoms with Gasteiger partial charge in [0.1, 0.15) is 5.82 Å². The maximum atomic E-state index is 14.5. The smallest absolute Gasteiger partial charge is 0.399 e. The van der Waals surface area contributed by atoms with Crippen LogP contribution >= 0.6 is 0 Å². The predicted octanol–water partition coefficient (Wildman–Crippen LogP) is 3.41. The molecule has 7 heteroatoms. The highest BCUT2D eigenvalue weighted by molar-refractivity contribution is 7.84. The van der Waals surface area contributed by atoms with Gasteiger partial charge in [-0.15, -0.1) is 0 Å². The minimum atomic E-state index is -1.47. The average Bonchev–Trinajstić information content (AvgIpc) is 2.75. The summed E-state index contributed by atoms with van der Waals surface area (Å²) in [6.07, 6.45) is 1.20. The number of nitrogens with two attached hydrogens (primary N) is 1. The molecule has 146 valence electrons. The fourth-order valence-corrected chi connectivity index (χ4v) is 3.89. The van der Waals surface area contributed by atoms with Crippen LogP contribution in [-0.4, -0.2) is 27.3 Å². The van der Waals surface area contributed by atoms with Gasteiger partial charge in [0.2, 0.25) is 0 Å². The molecule has 0 aliphatic carbocycles. The van der Waals surface area contributed by atoms with Crippen molar-refractivity contribution in [3.05, 3.63) is 29.6 Å². The lowest BCUT2D eigenvalue weighted by atomic mass is 9.76. The second kappa shape index (κ2) is 7.34. The first kappa shape index (κ1) is 21.5. The summed E-state index contributed by atoms with van der Waals surface area (Å²) in [5, 5.41) is 5.67. The highest BCUT2D eigenvalue weighted by Gasteiger charge is 2.51. The zero-order valence-electron chi connectivity index (χ0n) is 16.9. The molecule has 1 aliphatic heterocycles. The van der Waals surface area contributed by atoms with E-state index in [0.717, 1.165) is 5.46 Å². The summed E-state index contributed by atoms with van der Waals surface area (Å²) in [7, 11) is -2.00. The topological polar surface area (TPSA) is 61.6 Å². The number of hydrogen-bond donors (Lipinski definition) is 1. The van der Waals surface area contributed by atoms with Crippen molar-refractivity contribution in [2.24, 2.45) is 5.14 Å². The Morgan fingerprint density at radius 3 is 2.27 bits per heavy atom. The molecule has 0 spiro atoms. The molecule has 2 N–H and O–H groups in total. The maximum Gasteiger partial charge on any atom is 0.494 e. The van der Waals surface area contributed by atoms with E-state index in [2.05, 4.69) is 0 Å². The van der Waals surface area contributed by atoms with E-state index >= 15 is 0 Å². The third-order valence-corrected chi connectivity index (χ3v) is 7.47. The third kappa shape index (κ3) is 4.06. The SMILES string of the molecule is CCC(C)(C[C@H](C)c1cc(B2OC(C)(C)C(C)(C)O2)ccc1F)S(N)=O. The van der Waals surface area contributed by atoms with E-state index in [9.17, 15) is 8.60 Å². The molecule has 2 unspecified atom stereocenters. The van der Waals surface area contributed by atoms with Crippen molar-refractivity contribution >= 4 is 23.6 Å². The highest BCUT2D eigenvalue weighted by Crippen LogP contribution is 2.37. The van der Waals surface area contributed by atoms with Gasteiger partial charge in [-0.05, 0) is 70.5 Å². The summed E-state index contributed by atoms with van der Waals surface area (Å²) in [4.78, 5) is 0. The molecular weight excluding hydrogens is 352 g/mol. The van der Waals surface area contributed by atoms with Gasteiger partial charge in [0.25, 0.3) is 0 Å². The maximum absolute atomic E-state index is 14.5. The summed E-state index contributed by atoms with van der Waals surface area (Å²) in [6.45, 7) is 13.7. The van der Waals surface area contributed by atoms with E-state index in [1.807, 2.05) is 48.5 Å². The van der Waals surface area contributed by atoms with Crippen molar-refractivity contribution in [2.75, 3.05) is 0 Å². The second-order valence-electron chi connectivity index (χ2n) is 8.58. The molecule has 1 aromatic carbocycles. The summed E-state index contributed by atoms with van der Waals surface area (Å²) in [5.41, 5.74) is 0.464. The van der Waals surface area contributed by atoms with Crippen molar-refractivity contribution in [2.45, 2.75) is 83.2 Å². The average molecular weight is 383 g/mol. The molecule has 2 rings (SSSR count). The van der Waals surface area contributed by atoms with Gasteiger partial charge in [-0.1, -0.05) is 26.0 Å². The summed E-state index contributed by atoms with van der Waals surface area (Å²) >= 11 is 0. The van der Waals surface area contributed by atoms with Crippen LogP contribution in [0.3, 0.4) is 0 Å². The Morgan fingerprint density at radius 2 is 1.81 bits per heavy atom. The van der Waals surface area contributed by atoms with Crippen LogP contribution in [0.1, 0.15) is 72.8 Å². The number of benzene rings is 1. The van der Waals surface area contributed by atoms with Crippen LogP contribution in [0, 0.1) is 5.82 Å². The van der Waals surface area contributed by atoms with Gasteiger partial charge < -0.3 is 9.31 Å². The number of rotatable bonds is 6. The Labute approximate surface area is 159 Å². The van der Waals surface area contributed by atoms with Gasteiger partial charge in [0, 0.05) is 0 Å². The molecule has 1 aliphatic rings. The monoisotopic (exact) mass is 383 g/mol. The molecule has 3 atom stereocenters. The molecule has 0 bridgehead atoms. The second-order valence-corrected chi connectivity index (χ2v) is 10.2. The van der Waals surface area contributed by atoms with E-state index in [0.29, 0.717) is 18.4 Å². The van der Waals surface area contributed by atoms with E-state index in [4.69, 9.17) is 14.4 Å². The quantitative estimate of drug-likeness (QED) is 0.766. The van der Waals surface area contributed by atoms with Gasteiger partial charge in [0.05, 0.1) is 26.9 Å². The first-order chi connectivity index (χ1) is 11.8. The van der Waals surface area contributed by atoms with E-state index in [1.165, 1.54) is 6.07 Å².